The Labute approximate surface area is 157 Å². The first-order chi connectivity index (χ1) is 12.3. The molecule has 2 aromatic heterocycles. The molecule has 0 aliphatic carbocycles. The molecule has 1 fully saturated rings. The van der Waals surface area contributed by atoms with Crippen molar-refractivity contribution >= 4 is 17.7 Å². The van der Waals surface area contributed by atoms with Crippen molar-refractivity contribution in [3.05, 3.63) is 29.8 Å². The second-order valence-electron chi connectivity index (χ2n) is 7.29. The van der Waals surface area contributed by atoms with Crippen LogP contribution in [0.25, 0.3) is 11.1 Å². The molecule has 1 unspecified atom stereocenters. The van der Waals surface area contributed by atoms with Crippen LogP contribution < -0.4 is 4.74 Å². The van der Waals surface area contributed by atoms with Gasteiger partial charge in [-0.25, -0.2) is 9.78 Å². The molecule has 3 heterocycles. The molecule has 0 spiro atoms. The first-order valence-corrected chi connectivity index (χ1v) is 8.86. The molecular weight excluding hydrogens is 356 g/mol. The maximum absolute atomic E-state index is 12.2. The van der Waals surface area contributed by atoms with Gasteiger partial charge >= 0.3 is 6.09 Å². The first kappa shape index (κ1) is 18.5. The van der Waals surface area contributed by atoms with Crippen LogP contribution in [0.3, 0.4) is 0 Å². The molecule has 3 rings (SSSR count). The Morgan fingerprint density at radius 3 is 2.81 bits per heavy atom. The number of amides is 1. The standard InChI is InChI=1S/C18H23ClN4O3/c1-18(2,3)26-17(24)22-6-5-13(11-22)23-10-12(8-21-23)14-9-20-16(19)7-15(14)25-4/h7-10,13H,5-6,11H2,1-4H3. The van der Waals surface area contributed by atoms with Gasteiger partial charge in [0.25, 0.3) is 0 Å². The third kappa shape index (κ3) is 4.09. The molecule has 1 aliphatic heterocycles. The van der Waals surface area contributed by atoms with Gasteiger partial charge in [0.15, 0.2) is 0 Å². The maximum atomic E-state index is 12.2. The zero-order chi connectivity index (χ0) is 18.9. The highest BCUT2D eigenvalue weighted by Crippen LogP contribution is 2.32. The van der Waals surface area contributed by atoms with Gasteiger partial charge in [0.05, 0.1) is 19.3 Å². The normalized spacial score (nSPS) is 17.4. The van der Waals surface area contributed by atoms with Gasteiger partial charge < -0.3 is 14.4 Å². The van der Waals surface area contributed by atoms with Crippen LogP contribution in [-0.2, 0) is 4.74 Å². The molecular formula is C18H23ClN4O3. The average Bonchev–Trinajstić information content (AvgIpc) is 3.22. The summed E-state index contributed by atoms with van der Waals surface area (Å²) in [5.41, 5.74) is 1.22. The summed E-state index contributed by atoms with van der Waals surface area (Å²) < 4.78 is 12.7. The van der Waals surface area contributed by atoms with Gasteiger partial charge in [0, 0.05) is 42.7 Å². The number of halogens is 1. The van der Waals surface area contributed by atoms with Crippen LogP contribution in [0.1, 0.15) is 33.2 Å². The monoisotopic (exact) mass is 378 g/mol. The molecule has 2 aromatic rings. The summed E-state index contributed by atoms with van der Waals surface area (Å²) in [4.78, 5) is 18.1. The van der Waals surface area contributed by atoms with Gasteiger partial charge in [0.2, 0.25) is 0 Å². The fourth-order valence-electron chi connectivity index (χ4n) is 2.93. The number of carbonyl (C=O) groups excluding carboxylic acids is 1. The molecule has 0 N–H and O–H groups in total. The van der Waals surface area contributed by atoms with Gasteiger partial charge in [0.1, 0.15) is 16.5 Å². The van der Waals surface area contributed by atoms with E-state index in [1.807, 2.05) is 31.6 Å². The van der Waals surface area contributed by atoms with E-state index < -0.39 is 5.60 Å². The van der Waals surface area contributed by atoms with Crippen molar-refractivity contribution in [2.24, 2.45) is 0 Å². The number of aromatic nitrogens is 3. The first-order valence-electron chi connectivity index (χ1n) is 8.49. The average molecular weight is 379 g/mol. The molecule has 1 atom stereocenters. The Bertz CT molecular complexity index is 800. The predicted octanol–water partition coefficient (Wildman–Crippen LogP) is 3.79. The highest BCUT2D eigenvalue weighted by molar-refractivity contribution is 6.29. The number of hydrogen-bond donors (Lipinski definition) is 0. The Kier molecular flexibility index (Phi) is 5.09. The van der Waals surface area contributed by atoms with E-state index in [4.69, 9.17) is 21.1 Å². The number of ether oxygens (including phenoxy) is 2. The minimum Gasteiger partial charge on any atom is -0.496 e. The van der Waals surface area contributed by atoms with Gasteiger partial charge in [-0.3, -0.25) is 4.68 Å². The summed E-state index contributed by atoms with van der Waals surface area (Å²) in [5.74, 6) is 0.645. The lowest BCUT2D eigenvalue weighted by molar-refractivity contribution is 0.0288. The number of likely N-dealkylation sites (tertiary alicyclic amines) is 1. The Balaban J connectivity index is 1.72. The highest BCUT2D eigenvalue weighted by atomic mass is 35.5. The molecule has 0 saturated carbocycles. The molecule has 1 aliphatic rings. The number of nitrogens with zero attached hydrogens (tertiary/aromatic N) is 4. The zero-order valence-corrected chi connectivity index (χ0v) is 16.2. The molecule has 8 heteroatoms. The number of pyridine rings is 1. The van der Waals surface area contributed by atoms with Crippen LogP contribution in [0, 0.1) is 0 Å². The number of methoxy groups -OCH3 is 1. The Hall–Kier alpha value is -2.28. The van der Waals surface area contributed by atoms with Crippen molar-refractivity contribution in [1.29, 1.82) is 0 Å². The largest absolute Gasteiger partial charge is 0.496 e. The van der Waals surface area contributed by atoms with Crippen LogP contribution >= 0.6 is 11.6 Å². The van der Waals surface area contributed by atoms with Crippen molar-refractivity contribution in [3.8, 4) is 16.9 Å². The van der Waals surface area contributed by atoms with Crippen molar-refractivity contribution in [1.82, 2.24) is 19.7 Å². The summed E-state index contributed by atoms with van der Waals surface area (Å²) >= 11 is 5.92. The van der Waals surface area contributed by atoms with Crippen molar-refractivity contribution in [3.63, 3.8) is 0 Å². The summed E-state index contributed by atoms with van der Waals surface area (Å²) in [6.45, 7) is 6.83. The van der Waals surface area contributed by atoms with Gasteiger partial charge in [-0.05, 0) is 27.2 Å². The van der Waals surface area contributed by atoms with E-state index in [9.17, 15) is 4.79 Å². The Morgan fingerprint density at radius 2 is 2.12 bits per heavy atom. The van der Waals surface area contributed by atoms with Gasteiger partial charge in [-0.1, -0.05) is 11.6 Å². The molecule has 26 heavy (non-hydrogen) atoms. The van der Waals surface area contributed by atoms with Crippen LogP contribution in [0.4, 0.5) is 4.79 Å². The summed E-state index contributed by atoms with van der Waals surface area (Å²) in [6.07, 6.45) is 5.93. The minimum atomic E-state index is -0.494. The van der Waals surface area contributed by atoms with E-state index >= 15 is 0 Å². The lowest BCUT2D eigenvalue weighted by atomic mass is 10.1. The minimum absolute atomic E-state index is 0.113. The number of rotatable bonds is 3. The number of hydrogen-bond acceptors (Lipinski definition) is 5. The molecule has 7 nitrogen and oxygen atoms in total. The van der Waals surface area contributed by atoms with Crippen molar-refractivity contribution < 1.29 is 14.3 Å². The highest BCUT2D eigenvalue weighted by Gasteiger charge is 2.31. The number of carbonyl (C=O) groups is 1. The molecule has 1 amide bonds. The van der Waals surface area contributed by atoms with Crippen molar-refractivity contribution in [2.45, 2.75) is 38.8 Å². The topological polar surface area (TPSA) is 69.5 Å². The third-order valence-corrected chi connectivity index (χ3v) is 4.36. The molecule has 0 bridgehead atoms. The van der Waals surface area contributed by atoms with Crippen LogP contribution in [0.15, 0.2) is 24.7 Å². The van der Waals surface area contributed by atoms with Crippen LogP contribution in [0.5, 0.6) is 5.75 Å². The second kappa shape index (κ2) is 7.15. The van der Waals surface area contributed by atoms with E-state index in [1.165, 1.54) is 0 Å². The summed E-state index contributed by atoms with van der Waals surface area (Å²) in [5, 5.41) is 4.84. The molecule has 0 radical (unpaired) electrons. The SMILES string of the molecule is COc1cc(Cl)ncc1-c1cnn(C2CCN(C(=O)OC(C)(C)C)C2)c1. The van der Waals surface area contributed by atoms with E-state index in [1.54, 1.807) is 30.5 Å². The lowest BCUT2D eigenvalue weighted by Crippen LogP contribution is -2.35. The smallest absolute Gasteiger partial charge is 0.410 e. The molecule has 0 aromatic carbocycles. The lowest BCUT2D eigenvalue weighted by Gasteiger charge is -2.24. The van der Waals surface area contributed by atoms with E-state index in [-0.39, 0.29) is 12.1 Å². The van der Waals surface area contributed by atoms with Crippen LogP contribution in [-0.4, -0.2) is 51.6 Å². The van der Waals surface area contributed by atoms with Gasteiger partial charge in [-0.2, -0.15) is 5.10 Å². The molecule has 140 valence electrons. The summed E-state index contributed by atoms with van der Waals surface area (Å²) in [6, 6.07) is 1.79. The van der Waals surface area contributed by atoms with E-state index in [0.29, 0.717) is 24.0 Å². The third-order valence-electron chi connectivity index (χ3n) is 4.15. The fourth-order valence-corrected chi connectivity index (χ4v) is 3.07. The predicted molar refractivity (Wildman–Crippen MR) is 98.5 cm³/mol. The molecule has 1 saturated heterocycles. The van der Waals surface area contributed by atoms with E-state index in [0.717, 1.165) is 17.5 Å². The quantitative estimate of drug-likeness (QED) is 0.760. The maximum Gasteiger partial charge on any atom is 0.410 e. The second-order valence-corrected chi connectivity index (χ2v) is 7.67. The van der Waals surface area contributed by atoms with Gasteiger partial charge in [-0.15, -0.1) is 0 Å². The fraction of sp³-hybridized carbons (Fsp3) is 0.500. The van der Waals surface area contributed by atoms with Crippen LogP contribution in [0.2, 0.25) is 5.15 Å². The summed E-state index contributed by atoms with van der Waals surface area (Å²) in [7, 11) is 1.59. The Morgan fingerprint density at radius 1 is 1.35 bits per heavy atom. The van der Waals surface area contributed by atoms with E-state index in [2.05, 4.69) is 10.1 Å². The van der Waals surface area contributed by atoms with Crippen molar-refractivity contribution in [2.75, 3.05) is 20.2 Å². The zero-order valence-electron chi connectivity index (χ0n) is 15.4.